The van der Waals surface area contributed by atoms with Crippen LogP contribution in [0.5, 0.6) is 0 Å². The van der Waals surface area contributed by atoms with Crippen LogP contribution in [0.1, 0.15) is 33.7 Å². The zero-order chi connectivity index (χ0) is 23.5. The molecule has 166 valence electrons. The van der Waals surface area contributed by atoms with Crippen molar-refractivity contribution in [2.45, 2.75) is 5.92 Å². The van der Waals surface area contributed by atoms with Crippen molar-refractivity contribution in [1.29, 1.82) is 0 Å². The van der Waals surface area contributed by atoms with E-state index >= 15 is 0 Å². The molecule has 1 aliphatic carbocycles. The first-order valence-corrected chi connectivity index (χ1v) is 11.4. The van der Waals surface area contributed by atoms with Crippen LogP contribution in [0, 0.1) is 0 Å². The fraction of sp³-hybridized carbons (Fsp3) is 0.0333. The Morgan fingerprint density at radius 2 is 0.629 bits per heavy atom. The van der Waals surface area contributed by atoms with Gasteiger partial charge < -0.3 is 0 Å². The Labute approximate surface area is 203 Å². The maximum atomic E-state index is 4.30. The fourth-order valence-electron chi connectivity index (χ4n) is 4.91. The van der Waals surface area contributed by atoms with E-state index < -0.39 is 0 Å². The molecule has 0 unspecified atom stereocenters. The quantitative estimate of drug-likeness (QED) is 0.329. The molecular weight excluding hydrogens is 430 g/mol. The molecule has 0 fully saturated rings. The molecule has 0 radical (unpaired) electrons. The van der Waals surface area contributed by atoms with E-state index in [1.165, 1.54) is 27.9 Å². The second kappa shape index (κ2) is 9.23. The zero-order valence-corrected chi connectivity index (χ0v) is 18.9. The summed E-state index contributed by atoms with van der Waals surface area (Å²) in [5, 5.41) is 0. The molecule has 0 saturated heterocycles. The van der Waals surface area contributed by atoms with Crippen molar-refractivity contribution in [3.63, 3.8) is 0 Å². The number of hydrogen-bond acceptors (Lipinski definition) is 5. The van der Waals surface area contributed by atoms with Gasteiger partial charge in [0.25, 0.3) is 0 Å². The number of aromatic nitrogens is 5. The van der Waals surface area contributed by atoms with Gasteiger partial charge in [-0.1, -0.05) is 0 Å². The Morgan fingerprint density at radius 1 is 0.343 bits per heavy atom. The van der Waals surface area contributed by atoms with Gasteiger partial charge in [-0.15, -0.1) is 0 Å². The number of pyridine rings is 5. The number of allylic oxidation sites excluding steroid dienone is 4. The molecule has 0 spiro atoms. The Bertz CT molecular complexity index is 1400. The third-order valence-corrected chi connectivity index (χ3v) is 6.33. The molecule has 0 aromatic carbocycles. The van der Waals surface area contributed by atoms with E-state index in [2.05, 4.69) is 85.6 Å². The summed E-state index contributed by atoms with van der Waals surface area (Å²) in [6.45, 7) is 0. The van der Waals surface area contributed by atoms with Crippen molar-refractivity contribution < 1.29 is 0 Å². The molecule has 5 heteroatoms. The largest absolute Gasteiger partial charge is 0.265 e. The molecule has 35 heavy (non-hydrogen) atoms. The summed E-state index contributed by atoms with van der Waals surface area (Å²) in [7, 11) is 0. The minimum Gasteiger partial charge on any atom is -0.265 e. The van der Waals surface area contributed by atoms with Gasteiger partial charge in [0.2, 0.25) is 0 Å². The van der Waals surface area contributed by atoms with E-state index in [0.717, 1.165) is 22.3 Å². The van der Waals surface area contributed by atoms with Gasteiger partial charge >= 0.3 is 0 Å². The standard InChI is InChI=1S/C30H21N5/c1-11-31-12-2-21(1)26-27(22-3-13-32-14-4-22)29(24-7-17-34-18-8-24)30(25-9-19-35-20-10-25)28(26)23-5-15-33-16-6-23/h1-20,26H. The topological polar surface area (TPSA) is 64.5 Å². The maximum Gasteiger partial charge on any atom is 0.0365 e. The van der Waals surface area contributed by atoms with Crippen LogP contribution in [0.4, 0.5) is 0 Å². The third-order valence-electron chi connectivity index (χ3n) is 6.33. The van der Waals surface area contributed by atoms with Crippen molar-refractivity contribution in [2.24, 2.45) is 0 Å². The monoisotopic (exact) mass is 451 g/mol. The molecule has 0 atom stereocenters. The molecular formula is C30H21N5. The summed E-state index contributed by atoms with van der Waals surface area (Å²) in [5.41, 5.74) is 10.5. The number of hydrogen-bond donors (Lipinski definition) is 0. The molecule has 5 heterocycles. The van der Waals surface area contributed by atoms with Crippen molar-refractivity contribution in [3.8, 4) is 0 Å². The van der Waals surface area contributed by atoms with Crippen LogP contribution in [0.25, 0.3) is 22.3 Å². The van der Waals surface area contributed by atoms with Gasteiger partial charge in [-0.25, -0.2) is 0 Å². The lowest BCUT2D eigenvalue weighted by atomic mass is 9.82. The van der Waals surface area contributed by atoms with Gasteiger partial charge in [0.05, 0.1) is 0 Å². The van der Waals surface area contributed by atoms with Crippen molar-refractivity contribution in [3.05, 3.63) is 150 Å². The summed E-state index contributed by atoms with van der Waals surface area (Å²) in [6, 6.07) is 20.9. The predicted octanol–water partition coefficient (Wildman–Crippen LogP) is 5.98. The first-order chi connectivity index (χ1) is 17.4. The van der Waals surface area contributed by atoms with Crippen LogP contribution in [-0.4, -0.2) is 24.9 Å². The third kappa shape index (κ3) is 3.83. The Balaban J connectivity index is 1.77. The van der Waals surface area contributed by atoms with E-state index in [-0.39, 0.29) is 5.92 Å². The smallest absolute Gasteiger partial charge is 0.0365 e. The van der Waals surface area contributed by atoms with Crippen molar-refractivity contribution in [1.82, 2.24) is 24.9 Å². The second-order valence-corrected chi connectivity index (χ2v) is 8.23. The van der Waals surface area contributed by atoms with Crippen LogP contribution in [0.15, 0.2) is 123 Å². The normalized spacial score (nSPS) is 13.9. The Morgan fingerprint density at radius 3 is 0.971 bits per heavy atom. The highest BCUT2D eigenvalue weighted by Crippen LogP contribution is 2.58. The molecule has 5 aromatic rings. The van der Waals surface area contributed by atoms with Gasteiger partial charge in [-0.05, 0) is 111 Å². The minimum absolute atomic E-state index is 0.0193. The highest BCUT2D eigenvalue weighted by Gasteiger charge is 2.37. The number of rotatable bonds is 5. The summed E-state index contributed by atoms with van der Waals surface area (Å²) in [5.74, 6) is -0.0193. The average Bonchev–Trinajstić information content (AvgIpc) is 3.32. The Hall–Kier alpha value is -4.77. The lowest BCUT2D eigenvalue weighted by Gasteiger charge is -2.21. The molecule has 0 amide bonds. The number of nitrogens with zero attached hydrogens (tertiary/aromatic N) is 5. The molecule has 0 aliphatic heterocycles. The Kier molecular flexibility index (Phi) is 5.49. The lowest BCUT2D eigenvalue weighted by Crippen LogP contribution is -2.03. The van der Waals surface area contributed by atoms with Gasteiger partial charge in [-0.2, -0.15) is 0 Å². The van der Waals surface area contributed by atoms with E-state index in [0.29, 0.717) is 0 Å². The lowest BCUT2D eigenvalue weighted by molar-refractivity contribution is 1.11. The predicted molar refractivity (Wildman–Crippen MR) is 138 cm³/mol. The van der Waals surface area contributed by atoms with Gasteiger partial charge in [-0.3, -0.25) is 24.9 Å². The van der Waals surface area contributed by atoms with Gasteiger partial charge in [0.1, 0.15) is 0 Å². The molecule has 0 bridgehead atoms. The van der Waals surface area contributed by atoms with Crippen LogP contribution in [-0.2, 0) is 0 Å². The molecule has 5 aromatic heterocycles. The maximum absolute atomic E-state index is 4.30. The molecule has 0 N–H and O–H groups in total. The average molecular weight is 452 g/mol. The second-order valence-electron chi connectivity index (χ2n) is 8.23. The van der Waals surface area contributed by atoms with Crippen molar-refractivity contribution >= 4 is 22.3 Å². The van der Waals surface area contributed by atoms with Gasteiger partial charge in [0.15, 0.2) is 0 Å². The van der Waals surface area contributed by atoms with Crippen molar-refractivity contribution in [2.75, 3.05) is 0 Å². The molecule has 1 aliphatic rings. The van der Waals surface area contributed by atoms with E-state index in [1.54, 1.807) is 0 Å². The summed E-state index contributed by atoms with van der Waals surface area (Å²) >= 11 is 0. The van der Waals surface area contributed by atoms with E-state index in [1.807, 2.05) is 62.0 Å². The first-order valence-electron chi connectivity index (χ1n) is 11.4. The summed E-state index contributed by atoms with van der Waals surface area (Å²) in [4.78, 5) is 21.5. The van der Waals surface area contributed by atoms with Crippen LogP contribution >= 0.6 is 0 Å². The molecule has 5 nitrogen and oxygen atoms in total. The zero-order valence-electron chi connectivity index (χ0n) is 18.9. The molecule has 0 saturated carbocycles. The fourth-order valence-corrected chi connectivity index (χ4v) is 4.91. The first kappa shape index (κ1) is 20.8. The minimum atomic E-state index is -0.0193. The SMILES string of the molecule is c1cc(C2=C(c3ccncc3)C(c3ccncc3)C(c3ccncc3)=C2c2ccncc2)ccn1. The molecule has 6 rings (SSSR count). The van der Waals surface area contributed by atoms with Crippen LogP contribution in [0.3, 0.4) is 0 Å². The van der Waals surface area contributed by atoms with Gasteiger partial charge in [0, 0.05) is 67.9 Å². The highest BCUT2D eigenvalue weighted by molar-refractivity contribution is 6.29. The van der Waals surface area contributed by atoms with E-state index in [4.69, 9.17) is 0 Å². The van der Waals surface area contributed by atoms with Crippen LogP contribution in [0.2, 0.25) is 0 Å². The highest BCUT2D eigenvalue weighted by atomic mass is 14.6. The summed E-state index contributed by atoms with van der Waals surface area (Å²) < 4.78 is 0. The van der Waals surface area contributed by atoms with E-state index in [9.17, 15) is 0 Å². The van der Waals surface area contributed by atoms with Crippen LogP contribution < -0.4 is 0 Å². The summed E-state index contributed by atoms with van der Waals surface area (Å²) in [6.07, 6.45) is 18.5.